The van der Waals surface area contributed by atoms with Gasteiger partial charge in [0.25, 0.3) is 0 Å². The van der Waals surface area contributed by atoms with Gasteiger partial charge in [-0.3, -0.25) is 4.90 Å². The summed E-state index contributed by atoms with van der Waals surface area (Å²) >= 11 is 7.65. The standard InChI is InChI=1S/C22H23ClN2O3S2/c1-28-21-7-6-19(23)12-22(21)30(26,27)24-13-20(18-9-11-29-15-18)25-10-8-16-4-2-3-5-17(16)14-25/h2-7,9,11-12,15,20,24H,8,10,13-14H2,1H3/t20-/m1/s1. The van der Waals surface area contributed by atoms with Crippen LogP contribution in [0, 0.1) is 0 Å². The average molecular weight is 463 g/mol. The van der Waals surface area contributed by atoms with Crippen molar-refractivity contribution in [3.63, 3.8) is 0 Å². The largest absolute Gasteiger partial charge is 0.495 e. The van der Waals surface area contributed by atoms with Crippen LogP contribution in [0.2, 0.25) is 5.02 Å². The van der Waals surface area contributed by atoms with Crippen molar-refractivity contribution in [2.24, 2.45) is 0 Å². The maximum Gasteiger partial charge on any atom is 0.244 e. The van der Waals surface area contributed by atoms with E-state index in [9.17, 15) is 8.42 Å². The number of halogens is 1. The monoisotopic (exact) mass is 462 g/mol. The molecule has 0 aliphatic carbocycles. The fourth-order valence-corrected chi connectivity index (χ4v) is 6.01. The highest BCUT2D eigenvalue weighted by molar-refractivity contribution is 7.89. The molecular weight excluding hydrogens is 440 g/mol. The van der Waals surface area contributed by atoms with Gasteiger partial charge in [-0.15, -0.1) is 0 Å². The van der Waals surface area contributed by atoms with E-state index in [1.165, 1.54) is 24.3 Å². The van der Waals surface area contributed by atoms with E-state index in [4.69, 9.17) is 16.3 Å². The Balaban J connectivity index is 1.58. The molecular formula is C22H23ClN2O3S2. The van der Waals surface area contributed by atoms with Crippen molar-refractivity contribution in [3.8, 4) is 5.75 Å². The highest BCUT2D eigenvalue weighted by atomic mass is 35.5. The zero-order valence-electron chi connectivity index (χ0n) is 16.5. The van der Waals surface area contributed by atoms with Gasteiger partial charge in [-0.1, -0.05) is 35.9 Å². The fraction of sp³-hybridized carbons (Fsp3) is 0.273. The molecule has 1 aromatic heterocycles. The smallest absolute Gasteiger partial charge is 0.244 e. The molecule has 0 amide bonds. The lowest BCUT2D eigenvalue weighted by atomic mass is 9.97. The Morgan fingerprint density at radius 2 is 2.00 bits per heavy atom. The van der Waals surface area contributed by atoms with Gasteiger partial charge >= 0.3 is 0 Å². The van der Waals surface area contributed by atoms with Crippen LogP contribution < -0.4 is 9.46 Å². The summed E-state index contributed by atoms with van der Waals surface area (Å²) in [6.07, 6.45) is 0.950. The lowest BCUT2D eigenvalue weighted by molar-refractivity contribution is 0.180. The Kier molecular flexibility index (Phi) is 6.46. The molecule has 30 heavy (non-hydrogen) atoms. The van der Waals surface area contributed by atoms with Gasteiger partial charge in [0.1, 0.15) is 10.6 Å². The summed E-state index contributed by atoms with van der Waals surface area (Å²) in [7, 11) is -2.35. The number of hydrogen-bond donors (Lipinski definition) is 1. The van der Waals surface area contributed by atoms with Crippen molar-refractivity contribution in [2.75, 3.05) is 20.2 Å². The fourth-order valence-electron chi connectivity index (χ4n) is 3.83. The highest BCUT2D eigenvalue weighted by Gasteiger charge is 2.28. The first-order valence-electron chi connectivity index (χ1n) is 9.64. The van der Waals surface area contributed by atoms with E-state index in [0.29, 0.717) is 5.02 Å². The Morgan fingerprint density at radius 3 is 2.73 bits per heavy atom. The van der Waals surface area contributed by atoms with E-state index in [1.54, 1.807) is 23.5 Å². The second-order valence-electron chi connectivity index (χ2n) is 7.21. The van der Waals surface area contributed by atoms with Crippen LogP contribution in [0.15, 0.2) is 64.2 Å². The third kappa shape index (κ3) is 4.55. The Bertz CT molecular complexity index is 1120. The number of nitrogens with zero attached hydrogens (tertiary/aromatic N) is 1. The van der Waals surface area contributed by atoms with Crippen LogP contribution in [0.3, 0.4) is 0 Å². The lowest BCUT2D eigenvalue weighted by Gasteiger charge is -2.35. The van der Waals surface area contributed by atoms with E-state index in [0.717, 1.165) is 25.1 Å². The first kappa shape index (κ1) is 21.3. The summed E-state index contributed by atoms with van der Waals surface area (Å²) in [6.45, 7) is 1.93. The number of methoxy groups -OCH3 is 1. The van der Waals surface area contributed by atoms with Crippen LogP contribution in [0.25, 0.3) is 0 Å². The van der Waals surface area contributed by atoms with E-state index < -0.39 is 10.0 Å². The highest BCUT2D eigenvalue weighted by Crippen LogP contribution is 2.30. The molecule has 0 unspecified atom stereocenters. The zero-order valence-corrected chi connectivity index (χ0v) is 18.9. The van der Waals surface area contributed by atoms with Crippen molar-refractivity contribution in [1.29, 1.82) is 0 Å². The van der Waals surface area contributed by atoms with Crippen molar-refractivity contribution in [1.82, 2.24) is 9.62 Å². The number of hydrogen-bond acceptors (Lipinski definition) is 5. The minimum absolute atomic E-state index is 0.0468. The first-order chi connectivity index (χ1) is 14.5. The van der Waals surface area contributed by atoms with Crippen LogP contribution in [0.5, 0.6) is 5.75 Å². The molecule has 0 saturated carbocycles. The molecule has 0 bridgehead atoms. The number of ether oxygens (including phenoxy) is 1. The maximum absolute atomic E-state index is 13.1. The lowest BCUT2D eigenvalue weighted by Crippen LogP contribution is -2.40. The molecule has 5 nitrogen and oxygen atoms in total. The second-order valence-corrected chi connectivity index (χ2v) is 10.2. The van der Waals surface area contributed by atoms with Gasteiger partial charge in [-0.2, -0.15) is 11.3 Å². The summed E-state index contributed by atoms with van der Waals surface area (Å²) in [6, 6.07) is 15.0. The normalized spacial score (nSPS) is 15.5. The Morgan fingerprint density at radius 1 is 1.20 bits per heavy atom. The molecule has 4 rings (SSSR count). The van der Waals surface area contributed by atoms with E-state index in [2.05, 4.69) is 45.3 Å². The van der Waals surface area contributed by atoms with Crippen LogP contribution in [-0.4, -0.2) is 33.5 Å². The van der Waals surface area contributed by atoms with Crippen molar-refractivity contribution in [3.05, 3.63) is 81.0 Å². The predicted octanol–water partition coefficient (Wildman–Crippen LogP) is 4.49. The van der Waals surface area contributed by atoms with Gasteiger partial charge in [0.2, 0.25) is 10.0 Å². The average Bonchev–Trinajstić information content (AvgIpc) is 3.28. The predicted molar refractivity (Wildman–Crippen MR) is 121 cm³/mol. The molecule has 1 atom stereocenters. The quantitative estimate of drug-likeness (QED) is 0.562. The van der Waals surface area contributed by atoms with Gasteiger partial charge in [0.15, 0.2) is 0 Å². The number of nitrogens with one attached hydrogen (secondary N) is 1. The zero-order chi connectivity index (χ0) is 21.1. The van der Waals surface area contributed by atoms with Gasteiger partial charge in [-0.25, -0.2) is 13.1 Å². The van der Waals surface area contributed by atoms with Crippen LogP contribution in [-0.2, 0) is 23.0 Å². The SMILES string of the molecule is COc1ccc(Cl)cc1S(=O)(=O)NC[C@H](c1ccsc1)N1CCc2ccccc2C1. The molecule has 158 valence electrons. The Labute approximate surface area is 186 Å². The molecule has 2 heterocycles. The van der Waals surface area contributed by atoms with Gasteiger partial charge in [0, 0.05) is 30.7 Å². The summed E-state index contributed by atoms with van der Waals surface area (Å²) in [5.74, 6) is 0.269. The van der Waals surface area contributed by atoms with Crippen LogP contribution >= 0.6 is 22.9 Å². The molecule has 0 saturated heterocycles. The van der Waals surface area contributed by atoms with E-state index in [-0.39, 0.29) is 23.2 Å². The molecule has 1 N–H and O–H groups in total. The summed E-state index contributed by atoms with van der Waals surface area (Å²) < 4.78 is 34.1. The minimum atomic E-state index is -3.79. The third-order valence-electron chi connectivity index (χ3n) is 5.41. The van der Waals surface area contributed by atoms with Gasteiger partial charge in [-0.05, 0) is 58.1 Å². The van der Waals surface area contributed by atoms with Gasteiger partial charge < -0.3 is 4.74 Å². The number of fused-ring (bicyclic) bond motifs is 1. The van der Waals surface area contributed by atoms with Crippen LogP contribution in [0.4, 0.5) is 0 Å². The van der Waals surface area contributed by atoms with E-state index in [1.807, 2.05) is 5.38 Å². The Hall–Kier alpha value is -1.90. The number of rotatable bonds is 7. The summed E-state index contributed by atoms with van der Waals surface area (Å²) in [4.78, 5) is 2.38. The topological polar surface area (TPSA) is 58.6 Å². The first-order valence-corrected chi connectivity index (χ1v) is 12.4. The summed E-state index contributed by atoms with van der Waals surface area (Å²) in [5, 5.41) is 4.45. The molecule has 1 aliphatic rings. The molecule has 2 aromatic carbocycles. The number of sulfonamides is 1. The van der Waals surface area contributed by atoms with E-state index >= 15 is 0 Å². The third-order valence-corrected chi connectivity index (χ3v) is 7.79. The number of thiophene rings is 1. The van der Waals surface area contributed by atoms with Crippen molar-refractivity contribution >= 4 is 33.0 Å². The van der Waals surface area contributed by atoms with Crippen LogP contribution in [0.1, 0.15) is 22.7 Å². The molecule has 0 spiro atoms. The van der Waals surface area contributed by atoms with Crippen molar-refractivity contribution in [2.45, 2.75) is 23.9 Å². The molecule has 0 fully saturated rings. The molecule has 1 aliphatic heterocycles. The van der Waals surface area contributed by atoms with Gasteiger partial charge in [0.05, 0.1) is 7.11 Å². The summed E-state index contributed by atoms with van der Waals surface area (Å²) in [5.41, 5.74) is 3.77. The molecule has 0 radical (unpaired) electrons. The minimum Gasteiger partial charge on any atom is -0.495 e. The maximum atomic E-state index is 13.1. The molecule has 3 aromatic rings. The second kappa shape index (κ2) is 9.08. The van der Waals surface area contributed by atoms with Crippen molar-refractivity contribution < 1.29 is 13.2 Å². The molecule has 8 heteroatoms. The number of benzene rings is 2.